The molecule has 0 bridgehead atoms. The molecule has 0 aliphatic carbocycles. The van der Waals surface area contributed by atoms with E-state index >= 15 is 0 Å². The first kappa shape index (κ1) is 14.6. The van der Waals surface area contributed by atoms with E-state index in [1.54, 1.807) is 0 Å². The number of benzene rings is 1. The van der Waals surface area contributed by atoms with E-state index in [0.29, 0.717) is 0 Å². The quantitative estimate of drug-likeness (QED) is 0.864. The molecule has 0 radical (unpaired) electrons. The van der Waals surface area contributed by atoms with Crippen molar-refractivity contribution >= 4 is 16.0 Å². The van der Waals surface area contributed by atoms with Crippen molar-refractivity contribution in [3.8, 4) is 0 Å². The van der Waals surface area contributed by atoms with Crippen LogP contribution < -0.4 is 4.72 Å². The van der Waals surface area contributed by atoms with Crippen LogP contribution in [0, 0.1) is 19.7 Å². The van der Waals surface area contributed by atoms with Crippen LogP contribution in [0.4, 0.5) is 4.39 Å². The largest absolute Gasteiger partial charge is 0.480 e. The van der Waals surface area contributed by atoms with E-state index in [9.17, 15) is 17.6 Å². The maximum Gasteiger partial charge on any atom is 0.321 e. The zero-order valence-electron chi connectivity index (χ0n) is 10.2. The Labute approximate surface area is 105 Å². The number of aryl methyl sites for hydroxylation is 2. The van der Waals surface area contributed by atoms with Crippen molar-refractivity contribution in [2.24, 2.45) is 0 Å². The van der Waals surface area contributed by atoms with E-state index < -0.39 is 27.9 Å². The fourth-order valence-electron chi connectivity index (χ4n) is 1.41. The summed E-state index contributed by atoms with van der Waals surface area (Å²) in [5, 5.41) is 8.66. The molecule has 0 saturated carbocycles. The van der Waals surface area contributed by atoms with Crippen molar-refractivity contribution in [3.63, 3.8) is 0 Å². The molecule has 7 heteroatoms. The topological polar surface area (TPSA) is 83.5 Å². The van der Waals surface area contributed by atoms with Crippen LogP contribution in [0.1, 0.15) is 18.1 Å². The molecule has 0 saturated heterocycles. The third-order valence-corrected chi connectivity index (χ3v) is 3.94. The first-order valence-corrected chi connectivity index (χ1v) is 6.65. The predicted molar refractivity (Wildman–Crippen MR) is 63.3 cm³/mol. The average molecular weight is 275 g/mol. The first-order valence-electron chi connectivity index (χ1n) is 5.17. The SMILES string of the molecule is Cc1cc(S(=O)(=O)N[C@H](C)C(=O)O)cc(C)c1F. The van der Waals surface area contributed by atoms with Crippen LogP contribution in [0.25, 0.3) is 0 Å². The second-order valence-electron chi connectivity index (χ2n) is 4.05. The molecule has 5 nitrogen and oxygen atoms in total. The standard InChI is InChI=1S/C11H14FNO4S/c1-6-4-9(5-7(2)10(6)12)18(16,17)13-8(3)11(14)15/h4-5,8,13H,1-3H3,(H,14,15)/t8-/m1/s1. The Balaban J connectivity index is 3.18. The number of halogens is 1. The molecule has 1 aromatic rings. The average Bonchev–Trinajstić information content (AvgIpc) is 2.24. The van der Waals surface area contributed by atoms with Crippen LogP contribution >= 0.6 is 0 Å². The lowest BCUT2D eigenvalue weighted by molar-refractivity contribution is -0.138. The Morgan fingerprint density at radius 2 is 1.78 bits per heavy atom. The van der Waals surface area contributed by atoms with Gasteiger partial charge < -0.3 is 5.11 Å². The van der Waals surface area contributed by atoms with Crippen LogP contribution in [-0.4, -0.2) is 25.5 Å². The van der Waals surface area contributed by atoms with Crippen molar-refractivity contribution in [1.82, 2.24) is 4.72 Å². The summed E-state index contributed by atoms with van der Waals surface area (Å²) in [5.74, 6) is -1.76. The molecule has 0 aromatic heterocycles. The maximum absolute atomic E-state index is 13.4. The molecule has 1 aromatic carbocycles. The van der Waals surface area contributed by atoms with E-state index in [2.05, 4.69) is 0 Å². The number of carboxylic acid groups (broad SMARTS) is 1. The van der Waals surface area contributed by atoms with Gasteiger partial charge in [0.2, 0.25) is 10.0 Å². The lowest BCUT2D eigenvalue weighted by Gasteiger charge is -2.12. The molecular weight excluding hydrogens is 261 g/mol. The fourth-order valence-corrected chi connectivity index (χ4v) is 2.78. The van der Waals surface area contributed by atoms with Gasteiger partial charge in [0.1, 0.15) is 11.9 Å². The summed E-state index contributed by atoms with van der Waals surface area (Å²) in [4.78, 5) is 10.5. The Kier molecular flexibility index (Phi) is 4.08. The molecule has 0 spiro atoms. The molecule has 2 N–H and O–H groups in total. The summed E-state index contributed by atoms with van der Waals surface area (Å²) in [6, 6.07) is 1.08. The smallest absolute Gasteiger partial charge is 0.321 e. The molecule has 18 heavy (non-hydrogen) atoms. The van der Waals surface area contributed by atoms with Gasteiger partial charge in [0.15, 0.2) is 0 Å². The van der Waals surface area contributed by atoms with Gasteiger partial charge in [0.05, 0.1) is 4.90 Å². The molecule has 1 rings (SSSR count). The number of carboxylic acids is 1. The summed E-state index contributed by atoms with van der Waals surface area (Å²) >= 11 is 0. The second-order valence-corrected chi connectivity index (χ2v) is 5.77. The van der Waals surface area contributed by atoms with Crippen molar-refractivity contribution in [2.75, 3.05) is 0 Å². The molecular formula is C11H14FNO4S. The third kappa shape index (κ3) is 3.05. The van der Waals surface area contributed by atoms with Crippen molar-refractivity contribution in [2.45, 2.75) is 31.7 Å². The Bertz CT molecular complexity index is 560. The Morgan fingerprint density at radius 1 is 1.33 bits per heavy atom. The molecule has 0 aliphatic rings. The molecule has 0 unspecified atom stereocenters. The molecule has 0 heterocycles. The van der Waals surface area contributed by atoms with E-state index in [1.165, 1.54) is 32.9 Å². The van der Waals surface area contributed by atoms with Crippen LogP contribution in [0.2, 0.25) is 0 Å². The van der Waals surface area contributed by atoms with Crippen molar-refractivity contribution in [1.29, 1.82) is 0 Å². The number of carbonyl (C=O) groups is 1. The van der Waals surface area contributed by atoms with Crippen LogP contribution in [0.5, 0.6) is 0 Å². The minimum atomic E-state index is -3.96. The molecule has 0 amide bonds. The van der Waals surface area contributed by atoms with Crippen LogP contribution in [0.3, 0.4) is 0 Å². The zero-order valence-corrected chi connectivity index (χ0v) is 11.0. The van der Waals surface area contributed by atoms with Gasteiger partial charge in [-0.1, -0.05) is 0 Å². The first-order chi connectivity index (χ1) is 8.15. The highest BCUT2D eigenvalue weighted by Gasteiger charge is 2.22. The van der Waals surface area contributed by atoms with Gasteiger partial charge in [-0.25, -0.2) is 12.8 Å². The molecule has 100 valence electrons. The highest BCUT2D eigenvalue weighted by atomic mass is 32.2. The lowest BCUT2D eigenvalue weighted by atomic mass is 10.1. The number of aliphatic carboxylic acids is 1. The Hall–Kier alpha value is -1.47. The molecule has 0 aliphatic heterocycles. The number of sulfonamides is 1. The summed E-state index contributed by atoms with van der Waals surface area (Å²) < 4.78 is 39.1. The lowest BCUT2D eigenvalue weighted by Crippen LogP contribution is -2.38. The van der Waals surface area contributed by atoms with Crippen molar-refractivity contribution in [3.05, 3.63) is 29.1 Å². The van der Waals surface area contributed by atoms with Gasteiger partial charge in [-0.3, -0.25) is 4.79 Å². The van der Waals surface area contributed by atoms with E-state index in [4.69, 9.17) is 5.11 Å². The Morgan fingerprint density at radius 3 is 2.17 bits per heavy atom. The minimum Gasteiger partial charge on any atom is -0.480 e. The van der Waals surface area contributed by atoms with Gasteiger partial charge in [-0.2, -0.15) is 4.72 Å². The van der Waals surface area contributed by atoms with Gasteiger partial charge in [-0.15, -0.1) is 0 Å². The number of nitrogens with one attached hydrogen (secondary N) is 1. The third-order valence-electron chi connectivity index (χ3n) is 2.42. The predicted octanol–water partition coefficient (Wildman–Crippen LogP) is 1.19. The highest BCUT2D eigenvalue weighted by molar-refractivity contribution is 7.89. The number of hydrogen-bond donors (Lipinski definition) is 2. The summed E-state index contributed by atoms with van der Waals surface area (Å²) in [5.41, 5.74) is 0.386. The zero-order chi connectivity index (χ0) is 14.1. The van der Waals surface area contributed by atoms with Crippen LogP contribution in [0.15, 0.2) is 17.0 Å². The molecule has 0 fully saturated rings. The summed E-state index contributed by atoms with van der Waals surface area (Å²) in [7, 11) is -3.96. The van der Waals surface area contributed by atoms with E-state index in [-0.39, 0.29) is 16.0 Å². The van der Waals surface area contributed by atoms with E-state index in [0.717, 1.165) is 0 Å². The maximum atomic E-state index is 13.4. The molecule has 1 atom stereocenters. The van der Waals surface area contributed by atoms with E-state index in [1.807, 2.05) is 4.72 Å². The number of hydrogen-bond acceptors (Lipinski definition) is 3. The monoisotopic (exact) mass is 275 g/mol. The van der Waals surface area contributed by atoms with Gasteiger partial charge in [0, 0.05) is 0 Å². The van der Waals surface area contributed by atoms with Gasteiger partial charge in [0.25, 0.3) is 0 Å². The fraction of sp³-hybridized carbons (Fsp3) is 0.364. The van der Waals surface area contributed by atoms with Gasteiger partial charge >= 0.3 is 5.97 Å². The van der Waals surface area contributed by atoms with Gasteiger partial charge in [-0.05, 0) is 44.0 Å². The summed E-state index contributed by atoms with van der Waals surface area (Å²) in [6.07, 6.45) is 0. The number of rotatable bonds is 4. The second kappa shape index (κ2) is 5.03. The minimum absolute atomic E-state index is 0.146. The summed E-state index contributed by atoms with van der Waals surface area (Å²) in [6.45, 7) is 4.10. The van der Waals surface area contributed by atoms with Crippen LogP contribution in [-0.2, 0) is 14.8 Å². The highest BCUT2D eigenvalue weighted by Crippen LogP contribution is 2.18. The van der Waals surface area contributed by atoms with Crippen molar-refractivity contribution < 1.29 is 22.7 Å². The normalized spacial score (nSPS) is 13.3.